The summed E-state index contributed by atoms with van der Waals surface area (Å²) in [6, 6.07) is 5.72. The van der Waals surface area contributed by atoms with E-state index in [2.05, 4.69) is 5.32 Å². The summed E-state index contributed by atoms with van der Waals surface area (Å²) >= 11 is 9.28. The van der Waals surface area contributed by atoms with Crippen molar-refractivity contribution in [2.75, 3.05) is 11.9 Å². The molecule has 3 nitrogen and oxygen atoms in total. The molecule has 1 aliphatic heterocycles. The minimum atomic E-state index is -0.277. The molecule has 1 aromatic carbocycles. The lowest BCUT2D eigenvalue weighted by Gasteiger charge is -2.18. The Morgan fingerprint density at radius 1 is 1.45 bits per heavy atom. The monoisotopic (exact) mass is 325 g/mol. The summed E-state index contributed by atoms with van der Waals surface area (Å²) in [7, 11) is 0. The van der Waals surface area contributed by atoms with E-state index in [0.717, 1.165) is 25.4 Å². The minimum Gasteiger partial charge on any atom is -0.462 e. The third kappa shape index (κ3) is 2.30. The van der Waals surface area contributed by atoms with Crippen LogP contribution in [0.25, 0.3) is 0 Å². The predicted molar refractivity (Wildman–Crippen MR) is 83.9 cm³/mol. The van der Waals surface area contributed by atoms with Crippen LogP contribution >= 0.6 is 34.7 Å². The highest BCUT2D eigenvalue weighted by atomic mass is 35.5. The fourth-order valence-corrected chi connectivity index (χ4v) is 4.69. The normalized spacial score (nSPS) is 12.3. The molecule has 20 heavy (non-hydrogen) atoms. The van der Waals surface area contributed by atoms with E-state index >= 15 is 0 Å². The standard InChI is InChI=1S/C14H12ClNO2S2/c1-3-18-13(17)11-7(2)19-14-12(11)16-9-6-8(15)4-5-10(9)20-14/h4-6,16H,3H2,1-2H3. The van der Waals surface area contributed by atoms with Crippen LogP contribution in [-0.4, -0.2) is 12.6 Å². The molecule has 6 heteroatoms. The SMILES string of the molecule is CCOC(=O)c1c(C)sc2c1Nc1cc(Cl)ccc1S2. The van der Waals surface area contributed by atoms with Crippen LogP contribution in [0.4, 0.5) is 11.4 Å². The molecule has 0 atom stereocenters. The van der Waals surface area contributed by atoms with Gasteiger partial charge in [0.2, 0.25) is 0 Å². The Morgan fingerprint density at radius 3 is 3.00 bits per heavy atom. The second kappa shape index (κ2) is 5.31. The minimum absolute atomic E-state index is 0.277. The molecule has 0 saturated heterocycles. The van der Waals surface area contributed by atoms with Gasteiger partial charge in [-0.05, 0) is 32.0 Å². The first kappa shape index (κ1) is 13.8. The highest BCUT2D eigenvalue weighted by molar-refractivity contribution is 8.01. The average molecular weight is 326 g/mol. The van der Waals surface area contributed by atoms with Crippen molar-refractivity contribution in [3.63, 3.8) is 0 Å². The number of hydrogen-bond donors (Lipinski definition) is 1. The van der Waals surface area contributed by atoms with Crippen LogP contribution in [0.5, 0.6) is 0 Å². The average Bonchev–Trinajstić information content (AvgIpc) is 2.71. The lowest BCUT2D eigenvalue weighted by atomic mass is 10.2. The second-order valence-electron chi connectivity index (χ2n) is 4.28. The summed E-state index contributed by atoms with van der Waals surface area (Å²) in [4.78, 5) is 14.2. The number of benzene rings is 1. The molecule has 2 heterocycles. The highest BCUT2D eigenvalue weighted by Gasteiger charge is 2.27. The first-order valence-corrected chi connectivity index (χ1v) is 8.16. The molecule has 0 radical (unpaired) electrons. The van der Waals surface area contributed by atoms with E-state index in [4.69, 9.17) is 16.3 Å². The molecule has 0 saturated carbocycles. The molecule has 2 aromatic rings. The number of anilines is 2. The van der Waals surface area contributed by atoms with Crippen LogP contribution in [0.15, 0.2) is 27.3 Å². The van der Waals surface area contributed by atoms with E-state index < -0.39 is 0 Å². The Labute approximate surface area is 130 Å². The summed E-state index contributed by atoms with van der Waals surface area (Å²) in [5.74, 6) is -0.277. The predicted octanol–water partition coefficient (Wildman–Crippen LogP) is 5.09. The maximum absolute atomic E-state index is 12.1. The summed E-state index contributed by atoms with van der Waals surface area (Å²) in [5, 5.41) is 3.99. The molecule has 0 unspecified atom stereocenters. The van der Waals surface area contributed by atoms with Crippen LogP contribution in [-0.2, 0) is 4.74 Å². The molecule has 0 spiro atoms. The van der Waals surface area contributed by atoms with Gasteiger partial charge in [0.25, 0.3) is 0 Å². The van der Waals surface area contributed by atoms with E-state index in [0.29, 0.717) is 17.2 Å². The van der Waals surface area contributed by atoms with Crippen LogP contribution in [0.1, 0.15) is 22.2 Å². The number of carbonyl (C=O) groups is 1. The van der Waals surface area contributed by atoms with Crippen LogP contribution in [0.2, 0.25) is 5.02 Å². The third-order valence-corrected chi connectivity index (χ3v) is 5.54. The van der Waals surface area contributed by atoms with E-state index in [1.807, 2.05) is 32.0 Å². The zero-order valence-corrected chi connectivity index (χ0v) is 13.3. The number of carbonyl (C=O) groups excluding carboxylic acids is 1. The Hall–Kier alpha value is -1.17. The van der Waals surface area contributed by atoms with Gasteiger partial charge in [0.1, 0.15) is 0 Å². The van der Waals surface area contributed by atoms with Crippen LogP contribution in [0, 0.1) is 6.92 Å². The van der Waals surface area contributed by atoms with Gasteiger partial charge in [-0.1, -0.05) is 23.4 Å². The smallest absolute Gasteiger partial charge is 0.341 e. The first-order valence-electron chi connectivity index (χ1n) is 6.15. The van der Waals surface area contributed by atoms with E-state index in [1.165, 1.54) is 0 Å². The molecule has 0 fully saturated rings. The molecular formula is C14H12ClNO2S2. The van der Waals surface area contributed by atoms with Gasteiger partial charge in [0.15, 0.2) is 0 Å². The fraction of sp³-hybridized carbons (Fsp3) is 0.214. The fourth-order valence-electron chi connectivity index (χ4n) is 2.08. The second-order valence-corrected chi connectivity index (χ2v) is 7.26. The lowest BCUT2D eigenvalue weighted by Crippen LogP contribution is -2.09. The Bertz CT molecular complexity index is 697. The van der Waals surface area contributed by atoms with Crippen molar-refractivity contribution in [2.24, 2.45) is 0 Å². The lowest BCUT2D eigenvalue weighted by molar-refractivity contribution is 0.0527. The number of esters is 1. The summed E-state index contributed by atoms with van der Waals surface area (Å²) in [5.41, 5.74) is 2.40. The van der Waals surface area contributed by atoms with Crippen LogP contribution < -0.4 is 5.32 Å². The number of fused-ring (bicyclic) bond motifs is 2. The summed E-state index contributed by atoms with van der Waals surface area (Å²) < 4.78 is 6.22. The number of thiophene rings is 1. The van der Waals surface area contributed by atoms with Gasteiger partial charge in [-0.25, -0.2) is 4.79 Å². The molecular weight excluding hydrogens is 314 g/mol. The van der Waals surface area contributed by atoms with Crippen molar-refractivity contribution in [3.8, 4) is 0 Å². The Balaban J connectivity index is 2.05. The van der Waals surface area contributed by atoms with Crippen molar-refractivity contribution < 1.29 is 9.53 Å². The van der Waals surface area contributed by atoms with Gasteiger partial charge >= 0.3 is 5.97 Å². The zero-order chi connectivity index (χ0) is 14.3. The van der Waals surface area contributed by atoms with Gasteiger partial charge in [0.05, 0.1) is 27.8 Å². The van der Waals surface area contributed by atoms with E-state index in [-0.39, 0.29) is 5.97 Å². The van der Waals surface area contributed by atoms with Gasteiger partial charge < -0.3 is 10.1 Å². The number of aryl methyl sites for hydroxylation is 1. The summed E-state index contributed by atoms with van der Waals surface area (Å²) in [6.07, 6.45) is 0. The number of ether oxygens (including phenoxy) is 1. The number of nitrogens with one attached hydrogen (secondary N) is 1. The van der Waals surface area contributed by atoms with Crippen molar-refractivity contribution in [2.45, 2.75) is 23.0 Å². The molecule has 1 aromatic heterocycles. The number of halogens is 1. The topological polar surface area (TPSA) is 38.3 Å². The number of rotatable bonds is 2. The highest BCUT2D eigenvalue weighted by Crippen LogP contribution is 2.51. The van der Waals surface area contributed by atoms with Gasteiger partial charge in [-0.3, -0.25) is 0 Å². The van der Waals surface area contributed by atoms with Crippen molar-refractivity contribution in [3.05, 3.63) is 33.7 Å². The molecule has 104 valence electrons. The van der Waals surface area contributed by atoms with Crippen LogP contribution in [0.3, 0.4) is 0 Å². The molecule has 0 bridgehead atoms. The zero-order valence-electron chi connectivity index (χ0n) is 11.0. The maximum Gasteiger partial charge on any atom is 0.341 e. The Morgan fingerprint density at radius 2 is 2.25 bits per heavy atom. The largest absolute Gasteiger partial charge is 0.462 e. The first-order chi connectivity index (χ1) is 9.60. The third-order valence-electron chi connectivity index (χ3n) is 2.94. The summed E-state index contributed by atoms with van der Waals surface area (Å²) in [6.45, 7) is 4.12. The maximum atomic E-state index is 12.1. The molecule has 1 aliphatic rings. The van der Waals surface area contributed by atoms with E-state index in [1.54, 1.807) is 23.1 Å². The Kier molecular flexibility index (Phi) is 3.67. The van der Waals surface area contributed by atoms with Gasteiger partial charge in [0, 0.05) is 14.8 Å². The van der Waals surface area contributed by atoms with Gasteiger partial charge in [-0.15, -0.1) is 11.3 Å². The molecule has 1 N–H and O–H groups in total. The molecule has 3 rings (SSSR count). The van der Waals surface area contributed by atoms with Gasteiger partial charge in [-0.2, -0.15) is 0 Å². The quantitative estimate of drug-likeness (QED) is 0.666. The van der Waals surface area contributed by atoms with Crippen molar-refractivity contribution in [1.29, 1.82) is 0 Å². The molecule has 0 aliphatic carbocycles. The van der Waals surface area contributed by atoms with E-state index in [9.17, 15) is 4.79 Å². The van der Waals surface area contributed by atoms with Crippen molar-refractivity contribution in [1.82, 2.24) is 0 Å². The number of hydrogen-bond acceptors (Lipinski definition) is 5. The molecule has 0 amide bonds. The van der Waals surface area contributed by atoms with Crippen molar-refractivity contribution >= 4 is 52.0 Å².